The minimum Gasteiger partial charge on any atom is -1.00 e. The number of halogens is 2. The molecule has 3 heterocycles. The Morgan fingerprint density at radius 3 is 1.67 bits per heavy atom. The van der Waals surface area contributed by atoms with E-state index in [1.807, 2.05) is 97.9 Å². The number of ether oxygens (including phenoxy) is 5. The van der Waals surface area contributed by atoms with Crippen LogP contribution < -0.4 is 37.8 Å². The van der Waals surface area contributed by atoms with E-state index in [0.29, 0.717) is 10.8 Å². The number of methoxy groups -OCH3 is 2. The summed E-state index contributed by atoms with van der Waals surface area (Å²) >= 11 is 8.66. The molecule has 0 saturated carbocycles. The van der Waals surface area contributed by atoms with Gasteiger partial charge >= 0.3 is 18.9 Å². The largest absolute Gasteiger partial charge is 1.00 e. The molecule has 1 fully saturated rings. The second kappa shape index (κ2) is 22.5. The monoisotopic (exact) mass is 974 g/mol. The molecule has 0 aliphatic carbocycles. The standard InChI is InChI=1S/C22H17BrO3S.C22H17BrO2S.C4H8O.Al.Li.4H/c1-14-3-12-19-20(13-14)27(24)22(21(19)15-4-6-16(23)7-5-15)26-18-10-8-17(25-2)9-11-18;1-14-3-12-19-20(13-14)26-22(21(19)15-4-6-16(23)7-5-15)25-18-10-8-17(24-2)9-11-18;1-2-4-5-3-1;;;;;;/h3-13H,1-2H3;3-13H,1-2H3;1-4H2;;;;;;/q;;;;+1;;;;-1. The molecule has 0 N–H and O–H groups in total. The van der Waals surface area contributed by atoms with Gasteiger partial charge in [-0.2, -0.15) is 0 Å². The summed E-state index contributed by atoms with van der Waals surface area (Å²) in [5.74, 6) is 2.99. The van der Waals surface area contributed by atoms with E-state index in [2.05, 4.69) is 81.2 Å². The summed E-state index contributed by atoms with van der Waals surface area (Å²) in [5.41, 5.74) is 7.38. The zero-order valence-electron chi connectivity index (χ0n) is 34.6. The van der Waals surface area contributed by atoms with Crippen LogP contribution in [0.3, 0.4) is 0 Å². The number of benzene rings is 6. The van der Waals surface area contributed by atoms with Gasteiger partial charge in [0.2, 0.25) is 5.09 Å². The molecule has 9 rings (SSSR count). The molecule has 0 spiro atoms. The van der Waals surface area contributed by atoms with Crippen LogP contribution >= 0.6 is 43.2 Å². The second-order valence-corrected chi connectivity index (χ2v) is 17.8. The van der Waals surface area contributed by atoms with E-state index in [1.54, 1.807) is 25.6 Å². The van der Waals surface area contributed by atoms with E-state index >= 15 is 0 Å². The van der Waals surface area contributed by atoms with Gasteiger partial charge in [0.25, 0.3) is 0 Å². The smallest absolute Gasteiger partial charge is 1.00 e. The van der Waals surface area contributed by atoms with Gasteiger partial charge in [0.15, 0.2) is 22.4 Å². The van der Waals surface area contributed by atoms with Crippen molar-refractivity contribution in [2.45, 2.75) is 31.6 Å². The van der Waals surface area contributed by atoms with Crippen LogP contribution in [0.2, 0.25) is 0 Å². The maximum Gasteiger partial charge on any atom is 1.00 e. The molecule has 12 heteroatoms. The molecule has 304 valence electrons. The predicted octanol–water partition coefficient (Wildman–Crippen LogP) is 9.85. The van der Waals surface area contributed by atoms with Gasteiger partial charge in [-0.05, 0) is 134 Å². The summed E-state index contributed by atoms with van der Waals surface area (Å²) in [5, 5.41) is 2.58. The normalized spacial score (nSPS) is 13.7. The number of aryl methyl sites for hydroxylation is 2. The molecule has 1 unspecified atom stereocenters. The van der Waals surface area contributed by atoms with E-state index in [4.69, 9.17) is 23.7 Å². The topological polar surface area (TPSA) is 63.2 Å². The van der Waals surface area contributed by atoms with Crippen molar-refractivity contribution in [1.29, 1.82) is 0 Å². The van der Waals surface area contributed by atoms with Crippen LogP contribution in [-0.4, -0.2) is 49.0 Å². The van der Waals surface area contributed by atoms with Crippen molar-refractivity contribution < 1.29 is 48.2 Å². The van der Waals surface area contributed by atoms with Crippen molar-refractivity contribution >= 4 is 87.0 Å². The molecule has 0 amide bonds. The fourth-order valence-corrected chi connectivity index (χ4v) is 9.59. The minimum atomic E-state index is -1.37. The predicted molar refractivity (Wildman–Crippen MR) is 255 cm³/mol. The molecule has 1 saturated heterocycles. The Labute approximate surface area is 399 Å². The number of thiophene rings is 1. The summed E-state index contributed by atoms with van der Waals surface area (Å²) in [6, 6.07) is 43.8. The Balaban J connectivity index is 0.000000230. The Bertz CT molecular complexity index is 2560. The van der Waals surface area contributed by atoms with E-state index in [-0.39, 0.29) is 37.6 Å². The van der Waals surface area contributed by atoms with Crippen LogP contribution in [0.15, 0.2) is 152 Å². The first kappa shape index (κ1) is 47.5. The molecule has 60 heavy (non-hydrogen) atoms. The number of hydrogen-bond acceptors (Lipinski definition) is 7. The summed E-state index contributed by atoms with van der Waals surface area (Å²) < 4.78 is 44.3. The molecule has 1 atom stereocenters. The van der Waals surface area contributed by atoms with Crippen molar-refractivity contribution in [3.8, 4) is 39.2 Å². The fourth-order valence-electron chi connectivity index (χ4n) is 6.43. The van der Waals surface area contributed by atoms with Crippen LogP contribution in [-0.2, 0) is 15.5 Å². The second-order valence-electron chi connectivity index (χ2n) is 13.6. The van der Waals surface area contributed by atoms with E-state index in [0.717, 1.165) is 82.8 Å². The summed E-state index contributed by atoms with van der Waals surface area (Å²) in [7, 11) is 1.91. The molecule has 6 aromatic carbocycles. The molecule has 0 radical (unpaired) electrons. The van der Waals surface area contributed by atoms with Crippen molar-refractivity contribution in [1.82, 2.24) is 0 Å². The average Bonchev–Trinajstić information content (AvgIpc) is 4.00. The first-order valence-electron chi connectivity index (χ1n) is 18.7. The van der Waals surface area contributed by atoms with Gasteiger partial charge in [-0.15, -0.1) is 0 Å². The third-order valence-corrected chi connectivity index (χ3v) is 12.9. The van der Waals surface area contributed by atoms with E-state index in [9.17, 15) is 4.21 Å². The Morgan fingerprint density at radius 2 is 1.13 bits per heavy atom. The first-order valence-corrected chi connectivity index (χ1v) is 22.3. The van der Waals surface area contributed by atoms with Gasteiger partial charge in [-0.25, -0.2) is 4.21 Å². The van der Waals surface area contributed by atoms with Gasteiger partial charge in [-0.1, -0.05) is 91.7 Å². The van der Waals surface area contributed by atoms with Crippen LogP contribution in [0.25, 0.3) is 26.8 Å². The van der Waals surface area contributed by atoms with Crippen molar-refractivity contribution in [3.63, 3.8) is 0 Å². The zero-order valence-corrected chi connectivity index (χ0v) is 38.4. The maximum atomic E-state index is 13.2. The quantitative estimate of drug-likeness (QED) is 0.142. The molecule has 1 aromatic heterocycles. The summed E-state index contributed by atoms with van der Waals surface area (Å²) in [4.78, 5) is 0.788. The maximum absolute atomic E-state index is 13.2. The van der Waals surface area contributed by atoms with Crippen LogP contribution in [0, 0.1) is 13.8 Å². The Morgan fingerprint density at radius 1 is 0.633 bits per heavy atom. The minimum absolute atomic E-state index is 0. The van der Waals surface area contributed by atoms with Crippen molar-refractivity contribution in [2.75, 3.05) is 27.4 Å². The Kier molecular flexibility index (Phi) is 17.8. The van der Waals surface area contributed by atoms with Crippen molar-refractivity contribution in [2.24, 2.45) is 0 Å². The van der Waals surface area contributed by atoms with Crippen molar-refractivity contribution in [3.05, 3.63) is 170 Å². The van der Waals surface area contributed by atoms with Crippen LogP contribution in [0.5, 0.6) is 28.1 Å². The van der Waals surface area contributed by atoms with Crippen LogP contribution in [0.4, 0.5) is 0 Å². The van der Waals surface area contributed by atoms with Gasteiger partial charge in [-0.3, -0.25) is 0 Å². The number of hydrogen-bond donors (Lipinski definition) is 0. The Hall–Kier alpha value is -3.58. The van der Waals surface area contributed by atoms with Gasteiger partial charge < -0.3 is 25.1 Å². The third kappa shape index (κ3) is 11.7. The first-order chi connectivity index (χ1) is 28.2. The van der Waals surface area contributed by atoms with Gasteiger partial charge in [0.05, 0.1) is 19.1 Å². The molecule has 2 aliphatic heterocycles. The summed E-state index contributed by atoms with van der Waals surface area (Å²) in [6.07, 6.45) is 2.56. The number of rotatable bonds is 8. The molecule has 0 bridgehead atoms. The summed E-state index contributed by atoms with van der Waals surface area (Å²) in [6.45, 7) is 6.11. The third-order valence-electron chi connectivity index (χ3n) is 9.43. The molecule has 6 nitrogen and oxygen atoms in total. The van der Waals surface area contributed by atoms with E-state index < -0.39 is 10.8 Å². The van der Waals surface area contributed by atoms with Gasteiger partial charge in [0.1, 0.15) is 33.8 Å². The number of fused-ring (bicyclic) bond motifs is 2. The zero-order chi connectivity index (χ0) is 40.6. The average molecular weight is 977 g/mol. The SMILES string of the molecule is C1CCOC1.COc1ccc(OC2=C(c3ccc(Br)cc3)c3ccc(C)cc3S2=O)cc1.COc1ccc(Oc2sc3cc(C)ccc3c2-c2ccc(Br)cc2)cc1.[AlH3].[H-].[Li+]. The van der Waals surface area contributed by atoms with E-state index in [1.165, 1.54) is 28.5 Å². The van der Waals surface area contributed by atoms with Gasteiger partial charge in [0, 0.05) is 48.9 Å². The van der Waals surface area contributed by atoms with Crippen LogP contribution in [0.1, 0.15) is 36.5 Å². The fraction of sp³-hybridized carbons (Fsp3) is 0.167. The molecule has 2 aliphatic rings. The molecular formula is C48H46AlBr2LiO6S2. The molecule has 7 aromatic rings. The molecular weight excluding hydrogens is 930 g/mol.